The minimum atomic E-state index is 0. The van der Waals surface area contributed by atoms with E-state index in [1.54, 1.807) is 0 Å². The van der Waals surface area contributed by atoms with E-state index in [9.17, 15) is 0 Å². The Morgan fingerprint density at radius 3 is 1.21 bits per heavy atom. The molecule has 0 spiro atoms. The van der Waals surface area contributed by atoms with Crippen molar-refractivity contribution in [3.8, 4) is 0 Å². The van der Waals surface area contributed by atoms with Gasteiger partial charge in [0.1, 0.15) is 0 Å². The first-order chi connectivity index (χ1) is 8.09. The zero-order valence-electron chi connectivity index (χ0n) is 14.2. The molecule has 0 N–H and O–H groups in total. The molecule has 0 amide bonds. The van der Waals surface area contributed by atoms with Crippen molar-refractivity contribution in [2.24, 2.45) is 17.8 Å². The molecule has 0 nitrogen and oxygen atoms in total. The average Bonchev–Trinajstić information content (AvgIpc) is 2.51. The van der Waals surface area contributed by atoms with Crippen LogP contribution in [0, 0.1) is 44.6 Å². The van der Waals surface area contributed by atoms with Gasteiger partial charge in [-0.25, -0.2) is 11.6 Å². The van der Waals surface area contributed by atoms with Crippen molar-refractivity contribution in [1.82, 2.24) is 0 Å². The summed E-state index contributed by atoms with van der Waals surface area (Å²) < 4.78 is 0. The van der Waals surface area contributed by atoms with Gasteiger partial charge >= 0.3 is 26.2 Å². The molecule has 110 valence electrons. The van der Waals surface area contributed by atoms with Crippen molar-refractivity contribution < 1.29 is 26.2 Å². The first-order valence-corrected chi connectivity index (χ1v) is 6.82. The van der Waals surface area contributed by atoms with Crippen LogP contribution in [0.2, 0.25) is 0 Å². The van der Waals surface area contributed by atoms with Crippen LogP contribution >= 0.6 is 0 Å². The molecule has 0 radical (unpaired) electrons. The van der Waals surface area contributed by atoms with Crippen molar-refractivity contribution in [2.75, 3.05) is 0 Å². The second-order valence-corrected chi connectivity index (χ2v) is 5.65. The standard InChI is InChI=1S/C6H7.3C4H9.Zr/c1-6-4-2-3-5-6;3*1-4(2)3;/h2,4H,3H2,1H3;3*4H,1H2,2-3H3;/q4*-1;+4. The fraction of sp³-hybridized carbons (Fsp3) is 0.611. The molecule has 1 rings (SSSR count). The van der Waals surface area contributed by atoms with Crippen LogP contribution in [0.3, 0.4) is 0 Å². The van der Waals surface area contributed by atoms with E-state index in [2.05, 4.69) is 87.5 Å². The van der Waals surface area contributed by atoms with Gasteiger partial charge < -0.3 is 20.8 Å². The van der Waals surface area contributed by atoms with E-state index in [-0.39, 0.29) is 26.2 Å². The van der Waals surface area contributed by atoms with Gasteiger partial charge in [0, 0.05) is 0 Å². The Hall–Kier alpha value is 0.363. The smallest absolute Gasteiger partial charge is 0.341 e. The first-order valence-electron chi connectivity index (χ1n) is 6.82. The molecule has 1 heteroatoms. The Balaban J connectivity index is -0.0000000796. The predicted octanol–water partition coefficient (Wildman–Crippen LogP) is 6.12. The van der Waals surface area contributed by atoms with Crippen LogP contribution in [0.4, 0.5) is 0 Å². The predicted molar refractivity (Wildman–Crippen MR) is 86.8 cm³/mol. The molecule has 0 saturated carbocycles. The summed E-state index contributed by atoms with van der Waals surface area (Å²) in [5.74, 6) is 1.75. The van der Waals surface area contributed by atoms with Crippen molar-refractivity contribution in [1.29, 1.82) is 0 Å². The van der Waals surface area contributed by atoms with Gasteiger partial charge in [-0.05, 0) is 0 Å². The molecule has 19 heavy (non-hydrogen) atoms. The molecule has 0 heterocycles. The quantitative estimate of drug-likeness (QED) is 0.465. The molecule has 0 aromatic rings. The topological polar surface area (TPSA) is 0 Å². The Morgan fingerprint density at radius 1 is 0.895 bits per heavy atom. The number of rotatable bonds is 0. The van der Waals surface area contributed by atoms with E-state index in [1.807, 2.05) is 0 Å². The molecule has 0 aromatic heterocycles. The van der Waals surface area contributed by atoms with Crippen LogP contribution in [0.25, 0.3) is 0 Å². The van der Waals surface area contributed by atoms with E-state index in [1.165, 1.54) is 5.57 Å². The summed E-state index contributed by atoms with van der Waals surface area (Å²) in [5, 5.41) is 0. The van der Waals surface area contributed by atoms with Gasteiger partial charge in [-0.3, -0.25) is 6.08 Å². The van der Waals surface area contributed by atoms with E-state index < -0.39 is 0 Å². The number of hydrogen-bond donors (Lipinski definition) is 0. The minimum absolute atomic E-state index is 0. The zero-order chi connectivity index (χ0) is 15.1. The Labute approximate surface area is 143 Å². The van der Waals surface area contributed by atoms with Gasteiger partial charge in [-0.1, -0.05) is 48.5 Å². The monoisotopic (exact) mass is 340 g/mol. The molecule has 0 bridgehead atoms. The molecule has 0 unspecified atom stereocenters. The number of hydrogen-bond acceptors (Lipinski definition) is 0. The maximum absolute atomic E-state index is 3.64. The van der Waals surface area contributed by atoms with Gasteiger partial charge in [0.15, 0.2) is 0 Å². The molecule has 1 aliphatic rings. The van der Waals surface area contributed by atoms with E-state index in [0.29, 0.717) is 17.8 Å². The maximum Gasteiger partial charge on any atom is 4.00 e. The summed E-state index contributed by atoms with van der Waals surface area (Å²) in [6, 6.07) is 0. The second kappa shape index (κ2) is 20.7. The molecular formula is C18H34Zr. The molecule has 0 fully saturated rings. The largest absolute Gasteiger partial charge is 4.00 e. The van der Waals surface area contributed by atoms with Crippen molar-refractivity contribution in [3.63, 3.8) is 0 Å². The third-order valence-electron chi connectivity index (χ3n) is 0.867. The summed E-state index contributed by atoms with van der Waals surface area (Å²) in [5.41, 5.74) is 1.27. The van der Waals surface area contributed by atoms with Crippen LogP contribution in [-0.4, -0.2) is 0 Å². The summed E-state index contributed by atoms with van der Waals surface area (Å²) >= 11 is 0. The molecule has 0 aliphatic heterocycles. The normalized spacial score (nSPS) is 11.5. The minimum Gasteiger partial charge on any atom is -0.341 e. The Morgan fingerprint density at radius 2 is 1.16 bits per heavy atom. The van der Waals surface area contributed by atoms with Gasteiger partial charge in [0.2, 0.25) is 0 Å². The molecule has 1 aliphatic carbocycles. The van der Waals surface area contributed by atoms with E-state index >= 15 is 0 Å². The van der Waals surface area contributed by atoms with Crippen LogP contribution in [0.5, 0.6) is 0 Å². The molecular weight excluding hydrogens is 307 g/mol. The molecule has 0 aromatic carbocycles. The van der Waals surface area contributed by atoms with E-state index in [4.69, 9.17) is 0 Å². The summed E-state index contributed by atoms with van der Waals surface area (Å²) in [6.45, 7) is 25.3. The van der Waals surface area contributed by atoms with Gasteiger partial charge in [-0.15, -0.1) is 6.42 Å². The summed E-state index contributed by atoms with van der Waals surface area (Å²) in [6.07, 6.45) is 8.33. The molecule has 0 atom stereocenters. The fourth-order valence-electron chi connectivity index (χ4n) is 0.515. The van der Waals surface area contributed by atoms with Crippen molar-refractivity contribution in [2.45, 2.75) is 54.9 Å². The average molecular weight is 342 g/mol. The van der Waals surface area contributed by atoms with Gasteiger partial charge in [0.05, 0.1) is 0 Å². The van der Waals surface area contributed by atoms with Gasteiger partial charge in [0.25, 0.3) is 0 Å². The summed E-state index contributed by atoms with van der Waals surface area (Å²) in [4.78, 5) is 0. The van der Waals surface area contributed by atoms with Crippen LogP contribution < -0.4 is 0 Å². The van der Waals surface area contributed by atoms with Gasteiger partial charge in [-0.2, -0.15) is 23.8 Å². The second-order valence-electron chi connectivity index (χ2n) is 5.65. The third kappa shape index (κ3) is 90.7. The third-order valence-corrected chi connectivity index (χ3v) is 0.867. The van der Waals surface area contributed by atoms with Crippen LogP contribution in [0.15, 0.2) is 17.7 Å². The Kier molecular flexibility index (Phi) is 30.1. The SMILES string of the molecule is CC1=[C-]CC=C1.[CH2-]C(C)C.[CH2-]C(C)C.[CH2-]C(C)C.[Zr+4]. The molecule has 0 saturated heterocycles. The first kappa shape index (κ1) is 27.7. The fourth-order valence-corrected chi connectivity index (χ4v) is 0.515. The van der Waals surface area contributed by atoms with Crippen molar-refractivity contribution >= 4 is 0 Å². The van der Waals surface area contributed by atoms with Crippen LogP contribution in [0.1, 0.15) is 54.9 Å². The van der Waals surface area contributed by atoms with Crippen molar-refractivity contribution in [3.05, 3.63) is 44.6 Å². The Bertz CT molecular complexity index is 172. The number of allylic oxidation sites excluding steroid dienone is 4. The maximum atomic E-state index is 3.64. The van der Waals surface area contributed by atoms with E-state index in [0.717, 1.165) is 6.42 Å². The summed E-state index contributed by atoms with van der Waals surface area (Å²) in [7, 11) is 0. The van der Waals surface area contributed by atoms with Crippen LogP contribution in [-0.2, 0) is 26.2 Å². The zero-order valence-corrected chi connectivity index (χ0v) is 16.7.